The van der Waals surface area contributed by atoms with E-state index in [1.54, 1.807) is 6.92 Å². The Hall–Kier alpha value is -1.80. The van der Waals surface area contributed by atoms with Gasteiger partial charge in [-0.3, -0.25) is 9.59 Å². The van der Waals surface area contributed by atoms with E-state index in [2.05, 4.69) is 46.8 Å². The minimum absolute atomic E-state index is 0.00846. The smallest absolute Gasteiger partial charge is 0.317 e. The van der Waals surface area contributed by atoms with E-state index in [1.165, 1.54) is 0 Å². The summed E-state index contributed by atoms with van der Waals surface area (Å²) in [6.45, 7) is 15.1. The van der Waals surface area contributed by atoms with Crippen LogP contribution < -0.4 is 0 Å². The molecule has 0 aromatic carbocycles. The highest BCUT2D eigenvalue weighted by atomic mass is 16.7. The Labute approximate surface area is 357 Å². The molecule has 1 spiro atoms. The summed E-state index contributed by atoms with van der Waals surface area (Å²) in [5.74, 6) is -2.21. The van der Waals surface area contributed by atoms with Gasteiger partial charge in [-0.2, -0.15) is 0 Å². The molecule has 8 N–H and O–H groups in total. The van der Waals surface area contributed by atoms with Crippen LogP contribution in [0.25, 0.3) is 0 Å². The van der Waals surface area contributed by atoms with E-state index in [4.69, 9.17) is 33.5 Å². The van der Waals surface area contributed by atoms with Gasteiger partial charge in [0.25, 0.3) is 0 Å². The van der Waals surface area contributed by atoms with Gasteiger partial charge in [0.1, 0.15) is 55.8 Å². The third-order valence-corrected chi connectivity index (χ3v) is 18.4. The lowest BCUT2D eigenvalue weighted by molar-refractivity contribution is -0.367. The molecule has 21 atom stereocenters. The van der Waals surface area contributed by atoms with E-state index in [1.807, 2.05) is 6.92 Å². The van der Waals surface area contributed by atoms with Crippen LogP contribution in [0.2, 0.25) is 0 Å². The molecule has 3 saturated heterocycles. The zero-order valence-corrected chi connectivity index (χ0v) is 36.6. The fraction of sp³-hybridized carbons (Fsp3) is 0.911. The maximum atomic E-state index is 12.2. The second kappa shape index (κ2) is 15.4. The van der Waals surface area contributed by atoms with Gasteiger partial charge in [0.15, 0.2) is 12.6 Å². The van der Waals surface area contributed by atoms with Crippen molar-refractivity contribution in [1.82, 2.24) is 0 Å². The topological polar surface area (TPSA) is 251 Å². The number of hydrogen-bond acceptors (Lipinski definition) is 15. The highest BCUT2D eigenvalue weighted by molar-refractivity contribution is 5.90. The molecule has 3 aliphatic heterocycles. The molecular formula is C45H70O16. The van der Waals surface area contributed by atoms with Crippen molar-refractivity contribution in [3.05, 3.63) is 12.2 Å². The highest BCUT2D eigenvalue weighted by Gasteiger charge is 2.79. The van der Waals surface area contributed by atoms with Crippen molar-refractivity contribution < 1.29 is 78.9 Å². The number of allylic oxidation sites excluding steroid dienone is 1. The number of hydrogen-bond donors (Lipinski definition) is 8. The number of fused-ring (bicyclic) bond motifs is 4. The monoisotopic (exact) mass is 866 g/mol. The minimum atomic E-state index is -1.86. The molecule has 0 radical (unpaired) electrons. The second-order valence-electron chi connectivity index (χ2n) is 22.0. The molecule has 16 heteroatoms. The number of esters is 1. The quantitative estimate of drug-likeness (QED) is 0.0712. The Kier molecular flexibility index (Phi) is 11.6. The first kappa shape index (κ1) is 45.8. The number of ether oxygens (including phenoxy) is 6. The number of aliphatic hydroxyl groups is 7. The lowest BCUT2D eigenvalue weighted by Gasteiger charge is -2.73. The van der Waals surface area contributed by atoms with Gasteiger partial charge < -0.3 is 69.3 Å². The van der Waals surface area contributed by atoms with Crippen molar-refractivity contribution >= 4 is 11.9 Å². The van der Waals surface area contributed by atoms with Crippen molar-refractivity contribution in [2.24, 2.45) is 50.2 Å². The Morgan fingerprint density at radius 1 is 0.787 bits per heavy atom. The first-order valence-corrected chi connectivity index (χ1v) is 22.5. The second-order valence-corrected chi connectivity index (χ2v) is 22.0. The summed E-state index contributed by atoms with van der Waals surface area (Å²) in [4.78, 5) is 22.7. The van der Waals surface area contributed by atoms with E-state index < -0.39 is 110 Å². The summed E-state index contributed by atoms with van der Waals surface area (Å²) < 4.78 is 36.3. The summed E-state index contributed by atoms with van der Waals surface area (Å²) in [5, 5.41) is 87.3. The average Bonchev–Trinajstić information content (AvgIpc) is 3.47. The van der Waals surface area contributed by atoms with E-state index in [0.717, 1.165) is 38.5 Å². The molecule has 8 aliphatic rings. The van der Waals surface area contributed by atoms with E-state index >= 15 is 0 Å². The maximum absolute atomic E-state index is 12.2. The summed E-state index contributed by atoms with van der Waals surface area (Å²) in [5.41, 5.74) is -2.16. The van der Waals surface area contributed by atoms with Gasteiger partial charge in [-0.15, -0.1) is 0 Å². The first-order valence-electron chi connectivity index (χ1n) is 22.5. The van der Waals surface area contributed by atoms with Crippen molar-refractivity contribution in [2.75, 3.05) is 19.8 Å². The molecule has 0 amide bonds. The largest absolute Gasteiger partial charge is 0.481 e. The lowest BCUT2D eigenvalue weighted by Crippen LogP contribution is -2.72. The first-order chi connectivity index (χ1) is 28.4. The normalized spacial score (nSPS) is 54.8. The number of carbonyl (C=O) groups is 2. The van der Waals surface area contributed by atoms with Crippen LogP contribution in [0.1, 0.15) is 106 Å². The summed E-state index contributed by atoms with van der Waals surface area (Å²) in [6, 6.07) is 0. The van der Waals surface area contributed by atoms with Crippen LogP contribution in [0.15, 0.2) is 12.2 Å². The highest BCUT2D eigenvalue weighted by Crippen LogP contribution is 2.79. The van der Waals surface area contributed by atoms with E-state index in [-0.39, 0.29) is 51.4 Å². The third kappa shape index (κ3) is 6.65. The molecule has 8 rings (SSSR count). The van der Waals surface area contributed by atoms with Crippen LogP contribution in [0.3, 0.4) is 0 Å². The van der Waals surface area contributed by atoms with Crippen molar-refractivity contribution in [3.8, 4) is 0 Å². The average molecular weight is 867 g/mol. The molecule has 0 unspecified atom stereocenters. The number of carboxylic acids is 1. The zero-order chi connectivity index (χ0) is 44.5. The van der Waals surface area contributed by atoms with Crippen molar-refractivity contribution in [1.29, 1.82) is 0 Å². The maximum Gasteiger partial charge on any atom is 0.317 e. The Morgan fingerprint density at radius 3 is 2.18 bits per heavy atom. The lowest BCUT2D eigenvalue weighted by atomic mass is 9.32. The van der Waals surface area contributed by atoms with Gasteiger partial charge in [-0.1, -0.05) is 53.7 Å². The van der Waals surface area contributed by atoms with Gasteiger partial charge in [0.05, 0.1) is 37.1 Å². The van der Waals surface area contributed by atoms with Gasteiger partial charge in [-0.25, -0.2) is 0 Å². The third-order valence-electron chi connectivity index (χ3n) is 18.4. The fourth-order valence-corrected chi connectivity index (χ4v) is 14.6. The summed E-state index contributed by atoms with van der Waals surface area (Å²) >= 11 is 0. The predicted octanol–water partition coefficient (Wildman–Crippen LogP) is 1.80. The van der Waals surface area contributed by atoms with Crippen molar-refractivity contribution in [3.63, 3.8) is 0 Å². The molecule has 2 bridgehead atoms. The van der Waals surface area contributed by atoms with Crippen LogP contribution in [-0.2, 0) is 38.0 Å². The molecule has 346 valence electrons. The van der Waals surface area contributed by atoms with Crippen LogP contribution in [0.4, 0.5) is 0 Å². The predicted molar refractivity (Wildman–Crippen MR) is 213 cm³/mol. The van der Waals surface area contributed by atoms with Gasteiger partial charge in [-0.05, 0) is 86.4 Å². The van der Waals surface area contributed by atoms with Crippen LogP contribution in [0.5, 0.6) is 0 Å². The summed E-state index contributed by atoms with van der Waals surface area (Å²) in [6.07, 6.45) is -6.06. The number of carboxylic acid groups (broad SMARTS) is 1. The number of aliphatic carboxylic acids is 1. The molecule has 5 aliphatic carbocycles. The SMILES string of the molecule is C[C@H]1O[C@@H](O[C@H]2CC[C@@]3(C)[C@@H](CC[C@]4(C)[C@@H]3C=C[C@]35OC[C@@]6(CCC(C)(C)C[C@@H]63)[C@@H](O)C[C@]54C)[C@]2(C)CO)[C@H](O)[C@@H](O[C@@H]2O[C@H](COC(=O)CC(=O)O)[C@@H](O)[C@H](O)[C@H]2O)[C@H]1O. The molecule has 0 aromatic rings. The molecule has 4 saturated carbocycles. The number of carbonyl (C=O) groups excluding carboxylic acids is 1. The van der Waals surface area contributed by atoms with E-state index in [9.17, 15) is 45.3 Å². The molecule has 16 nitrogen and oxygen atoms in total. The minimum Gasteiger partial charge on any atom is -0.481 e. The molecule has 7 fully saturated rings. The van der Waals surface area contributed by atoms with Crippen molar-refractivity contribution in [2.45, 2.75) is 185 Å². The van der Waals surface area contributed by atoms with Crippen LogP contribution in [-0.4, -0.2) is 152 Å². The Morgan fingerprint density at radius 2 is 1.49 bits per heavy atom. The fourth-order valence-electron chi connectivity index (χ4n) is 14.6. The Balaban J connectivity index is 1.01. The zero-order valence-electron chi connectivity index (χ0n) is 36.6. The van der Waals surface area contributed by atoms with Gasteiger partial charge in [0, 0.05) is 22.2 Å². The number of rotatable bonds is 9. The molecule has 61 heavy (non-hydrogen) atoms. The van der Waals surface area contributed by atoms with Gasteiger partial charge >= 0.3 is 11.9 Å². The summed E-state index contributed by atoms with van der Waals surface area (Å²) in [7, 11) is 0. The molecular weight excluding hydrogens is 796 g/mol. The molecule has 0 aromatic heterocycles. The van der Waals surface area contributed by atoms with E-state index in [0.29, 0.717) is 19.4 Å². The standard InChI is InChI=1S/C45H70O16/c1-22-31(51)36(61-37-34(54)33(53)32(52)23(59-37)19-56-30(50)16-29(48)49)35(55)38(58-22)60-28-10-11-40(4)24(41(28,5)20-46)8-12-42(6)25(40)9-13-45-26-17-39(2,3)14-15-44(26,21-57-45)27(47)18-43(42,45)7/h9,13,22-28,31-38,46-47,51-55H,8,10-12,14-21H2,1-7H3,(H,48,49)/t22-,23-,24-,25-,26+,27+,28+,31+,32-,33+,34-,35-,36+,37+,38+,40+,41+,42-,43+,44-,45+/m1/s1. The van der Waals surface area contributed by atoms with Crippen LogP contribution in [0, 0.1) is 50.2 Å². The van der Waals surface area contributed by atoms with Gasteiger partial charge in [0.2, 0.25) is 0 Å². The number of aliphatic hydroxyl groups excluding tert-OH is 7. The van der Waals surface area contributed by atoms with Crippen LogP contribution >= 0.6 is 0 Å². The molecule has 3 heterocycles. The Bertz CT molecular complexity index is 1730.